The van der Waals surface area contributed by atoms with E-state index in [1.165, 1.54) is 38.5 Å². The minimum Gasteiger partial charge on any atom is -0.396 e. The molecule has 0 unspecified atom stereocenters. The van der Waals surface area contributed by atoms with Crippen molar-refractivity contribution in [3.05, 3.63) is 0 Å². The molecule has 2 fully saturated rings. The second-order valence-electron chi connectivity index (χ2n) is 5.10. The maximum absolute atomic E-state index is 9.23. The zero-order chi connectivity index (χ0) is 9.80. The van der Waals surface area contributed by atoms with Crippen molar-refractivity contribution in [1.82, 2.24) is 5.32 Å². The Morgan fingerprint density at radius 1 is 1.00 bits per heavy atom. The first-order valence-electron chi connectivity index (χ1n) is 6.21. The topological polar surface area (TPSA) is 32.3 Å². The summed E-state index contributed by atoms with van der Waals surface area (Å²) in [7, 11) is 0. The Hall–Kier alpha value is -0.0800. The highest BCUT2D eigenvalue weighted by Gasteiger charge is 2.28. The molecule has 0 aromatic rings. The third-order valence-electron chi connectivity index (χ3n) is 4.08. The number of hydrogen-bond donors (Lipinski definition) is 2. The average Bonchev–Trinajstić information content (AvgIpc) is 2.67. The zero-order valence-corrected chi connectivity index (χ0v) is 9.04. The van der Waals surface area contributed by atoms with Crippen LogP contribution in [0.2, 0.25) is 0 Å². The van der Waals surface area contributed by atoms with E-state index < -0.39 is 0 Å². The van der Waals surface area contributed by atoms with Gasteiger partial charge in [-0.15, -0.1) is 0 Å². The highest BCUT2D eigenvalue weighted by Crippen LogP contribution is 2.32. The summed E-state index contributed by atoms with van der Waals surface area (Å²) in [5, 5.41) is 12.6. The molecule has 2 nitrogen and oxygen atoms in total. The number of aliphatic hydroxyl groups excluding tert-OH is 1. The van der Waals surface area contributed by atoms with Gasteiger partial charge >= 0.3 is 0 Å². The summed E-state index contributed by atoms with van der Waals surface area (Å²) in [6, 6.07) is 0. The molecular formula is C12H23NO. The van der Waals surface area contributed by atoms with E-state index in [4.69, 9.17) is 0 Å². The van der Waals surface area contributed by atoms with Crippen LogP contribution in [0.3, 0.4) is 0 Å². The molecule has 2 N–H and O–H groups in total. The summed E-state index contributed by atoms with van der Waals surface area (Å²) in [5.74, 6) is 2.25. The molecule has 14 heavy (non-hydrogen) atoms. The molecule has 1 saturated carbocycles. The normalized spacial score (nSPS) is 34.9. The summed E-state index contributed by atoms with van der Waals surface area (Å²) in [6.45, 7) is 2.56. The van der Waals surface area contributed by atoms with E-state index in [9.17, 15) is 5.11 Å². The summed E-state index contributed by atoms with van der Waals surface area (Å²) in [5.41, 5.74) is 0. The lowest BCUT2D eigenvalue weighted by Crippen LogP contribution is -2.20. The Kier molecular flexibility index (Phi) is 3.82. The third kappa shape index (κ3) is 2.48. The summed E-state index contributed by atoms with van der Waals surface area (Å²) in [6.07, 6.45) is 8.56. The molecule has 82 valence electrons. The van der Waals surface area contributed by atoms with Crippen LogP contribution in [0.5, 0.6) is 0 Å². The first kappa shape index (κ1) is 10.4. The van der Waals surface area contributed by atoms with Crippen LogP contribution in [0.15, 0.2) is 0 Å². The predicted molar refractivity (Wildman–Crippen MR) is 58.1 cm³/mol. The quantitative estimate of drug-likeness (QED) is 0.723. The SMILES string of the molecule is OC[C@@H]1CNC[C@H]1CC1CCCCC1. The molecule has 0 amide bonds. The number of hydrogen-bond acceptors (Lipinski definition) is 2. The van der Waals surface area contributed by atoms with Crippen LogP contribution in [-0.2, 0) is 0 Å². The molecular weight excluding hydrogens is 174 g/mol. The number of rotatable bonds is 3. The van der Waals surface area contributed by atoms with Crippen LogP contribution < -0.4 is 5.32 Å². The van der Waals surface area contributed by atoms with Gasteiger partial charge in [0.05, 0.1) is 0 Å². The molecule has 1 aliphatic carbocycles. The molecule has 0 aromatic carbocycles. The largest absolute Gasteiger partial charge is 0.396 e. The van der Waals surface area contributed by atoms with Crippen molar-refractivity contribution in [2.45, 2.75) is 38.5 Å². The van der Waals surface area contributed by atoms with Gasteiger partial charge in [-0.25, -0.2) is 0 Å². The molecule has 0 spiro atoms. The van der Waals surface area contributed by atoms with Crippen molar-refractivity contribution >= 4 is 0 Å². The van der Waals surface area contributed by atoms with E-state index in [0.717, 1.165) is 24.9 Å². The minimum absolute atomic E-state index is 0.379. The van der Waals surface area contributed by atoms with Crippen molar-refractivity contribution < 1.29 is 5.11 Å². The Morgan fingerprint density at radius 3 is 2.43 bits per heavy atom. The van der Waals surface area contributed by atoms with Crippen LogP contribution in [0.4, 0.5) is 0 Å². The van der Waals surface area contributed by atoms with Gasteiger partial charge in [-0.3, -0.25) is 0 Å². The highest BCUT2D eigenvalue weighted by molar-refractivity contribution is 4.83. The second kappa shape index (κ2) is 5.13. The molecule has 0 bridgehead atoms. The number of nitrogens with one attached hydrogen (secondary N) is 1. The van der Waals surface area contributed by atoms with Crippen molar-refractivity contribution in [2.75, 3.05) is 19.7 Å². The molecule has 2 heteroatoms. The van der Waals surface area contributed by atoms with Crippen LogP contribution in [0, 0.1) is 17.8 Å². The lowest BCUT2D eigenvalue weighted by atomic mass is 9.80. The van der Waals surface area contributed by atoms with Gasteiger partial charge in [-0.2, -0.15) is 0 Å². The van der Waals surface area contributed by atoms with Crippen LogP contribution in [0.1, 0.15) is 38.5 Å². The van der Waals surface area contributed by atoms with Gasteiger partial charge in [0.15, 0.2) is 0 Å². The maximum Gasteiger partial charge on any atom is 0.0474 e. The lowest BCUT2D eigenvalue weighted by Gasteiger charge is -2.26. The summed E-state index contributed by atoms with van der Waals surface area (Å²) >= 11 is 0. The third-order valence-corrected chi connectivity index (χ3v) is 4.08. The average molecular weight is 197 g/mol. The van der Waals surface area contributed by atoms with E-state index >= 15 is 0 Å². The summed E-state index contributed by atoms with van der Waals surface area (Å²) < 4.78 is 0. The fourth-order valence-corrected chi connectivity index (χ4v) is 3.13. The van der Waals surface area contributed by atoms with Gasteiger partial charge in [-0.05, 0) is 30.7 Å². The standard InChI is InChI=1S/C12H23NO/c14-9-12-8-13-7-11(12)6-10-4-2-1-3-5-10/h10-14H,1-9H2/t11-,12+/m1/s1. The van der Waals surface area contributed by atoms with Gasteiger partial charge < -0.3 is 10.4 Å². The Labute approximate surface area is 87.1 Å². The molecule has 1 aliphatic heterocycles. The molecule has 1 heterocycles. The van der Waals surface area contributed by atoms with E-state index in [1.807, 2.05) is 0 Å². The lowest BCUT2D eigenvalue weighted by molar-refractivity contribution is 0.180. The summed E-state index contributed by atoms with van der Waals surface area (Å²) in [4.78, 5) is 0. The predicted octanol–water partition coefficient (Wildman–Crippen LogP) is 1.78. The molecule has 2 aliphatic rings. The van der Waals surface area contributed by atoms with Gasteiger partial charge in [0.2, 0.25) is 0 Å². The Balaban J connectivity index is 1.77. The second-order valence-corrected chi connectivity index (χ2v) is 5.10. The fourth-order valence-electron chi connectivity index (χ4n) is 3.13. The van der Waals surface area contributed by atoms with Gasteiger partial charge in [0.1, 0.15) is 0 Å². The molecule has 1 saturated heterocycles. The Bertz CT molecular complexity index is 166. The van der Waals surface area contributed by atoms with Crippen molar-refractivity contribution in [3.8, 4) is 0 Å². The Morgan fingerprint density at radius 2 is 1.71 bits per heavy atom. The van der Waals surface area contributed by atoms with Crippen molar-refractivity contribution in [2.24, 2.45) is 17.8 Å². The fraction of sp³-hybridized carbons (Fsp3) is 1.00. The minimum atomic E-state index is 0.379. The van der Waals surface area contributed by atoms with E-state index in [0.29, 0.717) is 12.5 Å². The van der Waals surface area contributed by atoms with Gasteiger partial charge in [0, 0.05) is 13.2 Å². The zero-order valence-electron chi connectivity index (χ0n) is 9.04. The maximum atomic E-state index is 9.23. The monoisotopic (exact) mass is 197 g/mol. The van der Waals surface area contributed by atoms with Crippen LogP contribution in [0.25, 0.3) is 0 Å². The highest BCUT2D eigenvalue weighted by atomic mass is 16.3. The van der Waals surface area contributed by atoms with Gasteiger partial charge in [0.25, 0.3) is 0 Å². The van der Waals surface area contributed by atoms with E-state index in [1.54, 1.807) is 0 Å². The van der Waals surface area contributed by atoms with Crippen LogP contribution >= 0.6 is 0 Å². The first-order chi connectivity index (χ1) is 6.90. The molecule has 0 radical (unpaired) electrons. The van der Waals surface area contributed by atoms with Crippen molar-refractivity contribution in [1.29, 1.82) is 0 Å². The number of aliphatic hydroxyl groups is 1. The van der Waals surface area contributed by atoms with E-state index in [2.05, 4.69) is 5.32 Å². The van der Waals surface area contributed by atoms with Crippen LogP contribution in [-0.4, -0.2) is 24.8 Å². The first-order valence-corrected chi connectivity index (χ1v) is 6.21. The van der Waals surface area contributed by atoms with Gasteiger partial charge in [-0.1, -0.05) is 32.1 Å². The van der Waals surface area contributed by atoms with Crippen molar-refractivity contribution in [3.63, 3.8) is 0 Å². The molecule has 2 atom stereocenters. The smallest absolute Gasteiger partial charge is 0.0474 e. The molecule has 2 rings (SSSR count). The molecule has 0 aromatic heterocycles. The van der Waals surface area contributed by atoms with E-state index in [-0.39, 0.29) is 0 Å².